The van der Waals surface area contributed by atoms with Gasteiger partial charge in [-0.25, -0.2) is 0 Å². The van der Waals surface area contributed by atoms with E-state index in [-0.39, 0.29) is 23.4 Å². The van der Waals surface area contributed by atoms with Gasteiger partial charge in [-0.2, -0.15) is 0 Å². The van der Waals surface area contributed by atoms with Crippen molar-refractivity contribution in [3.63, 3.8) is 0 Å². The molecule has 0 amide bonds. The van der Waals surface area contributed by atoms with Crippen LogP contribution in [0.4, 0.5) is 0 Å². The van der Waals surface area contributed by atoms with E-state index in [1.165, 1.54) is 57.8 Å². The van der Waals surface area contributed by atoms with Gasteiger partial charge in [0.05, 0.1) is 0 Å². The lowest BCUT2D eigenvalue weighted by Crippen LogP contribution is -2.35. The van der Waals surface area contributed by atoms with Crippen LogP contribution in [0.15, 0.2) is 24.3 Å². The minimum atomic E-state index is -0.188. The predicted molar refractivity (Wildman–Crippen MR) is 141 cm³/mol. The zero-order valence-electron chi connectivity index (χ0n) is 22.4. The number of hydrogen-bond acceptors (Lipinski definition) is 2. The Morgan fingerprint density at radius 2 is 1.06 bits per heavy atom. The van der Waals surface area contributed by atoms with E-state index in [9.17, 15) is 9.59 Å². The average Bonchev–Trinajstić information content (AvgIpc) is 2.77. The van der Waals surface area contributed by atoms with Crippen molar-refractivity contribution in [3.8, 4) is 0 Å². The van der Waals surface area contributed by atoms with Crippen molar-refractivity contribution >= 4 is 11.6 Å². The predicted octanol–water partition coefficient (Wildman–Crippen LogP) is 9.17. The molecule has 0 bridgehead atoms. The van der Waals surface area contributed by atoms with E-state index in [1.807, 2.05) is 25.1 Å². The van der Waals surface area contributed by atoms with E-state index in [2.05, 4.69) is 34.6 Å². The normalized spacial score (nSPS) is 21.2. The van der Waals surface area contributed by atoms with Gasteiger partial charge in [0.1, 0.15) is 0 Å². The first-order valence-corrected chi connectivity index (χ1v) is 13.9. The third-order valence-corrected chi connectivity index (χ3v) is 8.05. The third-order valence-electron chi connectivity index (χ3n) is 8.05. The second-order valence-electron chi connectivity index (χ2n) is 11.7. The molecule has 0 saturated heterocycles. The number of hydrogen-bond donors (Lipinski definition) is 0. The molecule has 0 N–H and O–H groups in total. The average molecular weight is 455 g/mol. The molecule has 186 valence electrons. The zero-order chi connectivity index (χ0) is 24.4. The lowest BCUT2D eigenvalue weighted by Gasteiger charge is -2.29. The van der Waals surface area contributed by atoms with Crippen LogP contribution in [0.5, 0.6) is 0 Å². The second kappa shape index (κ2) is 14.1. The minimum Gasteiger partial charge on any atom is -0.294 e. The first-order valence-electron chi connectivity index (χ1n) is 13.9. The fourth-order valence-electron chi connectivity index (χ4n) is 5.55. The van der Waals surface area contributed by atoms with Crippen molar-refractivity contribution in [2.24, 2.45) is 35.5 Å². The summed E-state index contributed by atoms with van der Waals surface area (Å²) in [6.45, 7) is 13.7. The van der Waals surface area contributed by atoms with Gasteiger partial charge in [-0.1, -0.05) is 124 Å². The van der Waals surface area contributed by atoms with Crippen LogP contribution in [0, 0.1) is 35.5 Å². The summed E-state index contributed by atoms with van der Waals surface area (Å²) in [5.74, 6) is 3.14. The Morgan fingerprint density at radius 3 is 1.55 bits per heavy atom. The summed E-state index contributed by atoms with van der Waals surface area (Å²) < 4.78 is 0. The number of rotatable bonds is 15. The molecule has 0 fully saturated rings. The second-order valence-corrected chi connectivity index (χ2v) is 11.7. The van der Waals surface area contributed by atoms with Crippen LogP contribution in [0.1, 0.15) is 133 Å². The lowest BCUT2D eigenvalue weighted by atomic mass is 9.72. The Balaban J connectivity index is 1.62. The Bertz CT molecular complexity index is 734. The van der Waals surface area contributed by atoms with Crippen molar-refractivity contribution in [1.82, 2.24) is 0 Å². The highest BCUT2D eigenvalue weighted by Gasteiger charge is 2.38. The maximum absolute atomic E-state index is 13.0. The maximum Gasteiger partial charge on any atom is 0.167 e. The first-order chi connectivity index (χ1) is 15.7. The largest absolute Gasteiger partial charge is 0.294 e. The molecule has 1 aromatic carbocycles. The number of fused-ring (bicyclic) bond motifs is 1. The SMILES string of the molecule is CC(C)CCCC(C)CCCC(C)CCCC(C)CCC1C(=O)c2ccccc2C(=O)C1C. The van der Waals surface area contributed by atoms with Crippen LogP contribution in [0.3, 0.4) is 0 Å². The van der Waals surface area contributed by atoms with Crippen LogP contribution in [0.25, 0.3) is 0 Å². The van der Waals surface area contributed by atoms with Crippen LogP contribution in [-0.4, -0.2) is 11.6 Å². The van der Waals surface area contributed by atoms with E-state index < -0.39 is 0 Å². The molecule has 2 rings (SSSR count). The van der Waals surface area contributed by atoms with Gasteiger partial charge in [-0.05, 0) is 36.5 Å². The van der Waals surface area contributed by atoms with E-state index in [0.717, 1.165) is 30.6 Å². The summed E-state index contributed by atoms with van der Waals surface area (Å²) in [4.78, 5) is 25.7. The molecule has 0 saturated carbocycles. The van der Waals surface area contributed by atoms with Gasteiger partial charge >= 0.3 is 0 Å². The number of carbonyl (C=O) groups is 2. The smallest absolute Gasteiger partial charge is 0.167 e. The van der Waals surface area contributed by atoms with Gasteiger partial charge in [0.25, 0.3) is 0 Å². The number of carbonyl (C=O) groups excluding carboxylic acids is 2. The Hall–Kier alpha value is -1.44. The van der Waals surface area contributed by atoms with E-state index in [4.69, 9.17) is 0 Å². The summed E-state index contributed by atoms with van der Waals surface area (Å²) in [5.41, 5.74) is 1.26. The first kappa shape index (κ1) is 27.8. The van der Waals surface area contributed by atoms with E-state index in [1.54, 1.807) is 6.07 Å². The third kappa shape index (κ3) is 9.02. The monoisotopic (exact) mass is 454 g/mol. The summed E-state index contributed by atoms with van der Waals surface area (Å²) in [6, 6.07) is 7.36. The molecule has 1 aliphatic carbocycles. The fourth-order valence-corrected chi connectivity index (χ4v) is 5.55. The lowest BCUT2D eigenvalue weighted by molar-refractivity contribution is 0.0733. The molecule has 5 atom stereocenters. The van der Waals surface area contributed by atoms with Crippen molar-refractivity contribution in [2.75, 3.05) is 0 Å². The molecule has 0 spiro atoms. The van der Waals surface area contributed by atoms with Gasteiger partial charge in [0.2, 0.25) is 0 Å². The van der Waals surface area contributed by atoms with Crippen LogP contribution < -0.4 is 0 Å². The van der Waals surface area contributed by atoms with Gasteiger partial charge < -0.3 is 0 Å². The molecular formula is C31H50O2. The molecule has 33 heavy (non-hydrogen) atoms. The van der Waals surface area contributed by atoms with Crippen molar-refractivity contribution in [3.05, 3.63) is 35.4 Å². The van der Waals surface area contributed by atoms with E-state index >= 15 is 0 Å². The molecule has 0 aromatic heterocycles. The minimum absolute atomic E-state index is 0.142. The Kier molecular flexibility index (Phi) is 11.9. The quantitative estimate of drug-likeness (QED) is 0.265. The fraction of sp³-hybridized carbons (Fsp3) is 0.742. The molecular weight excluding hydrogens is 404 g/mol. The van der Waals surface area contributed by atoms with Gasteiger partial charge in [0.15, 0.2) is 11.6 Å². The molecule has 0 heterocycles. The zero-order valence-corrected chi connectivity index (χ0v) is 22.4. The molecule has 5 unspecified atom stereocenters. The maximum atomic E-state index is 13.0. The summed E-state index contributed by atoms with van der Waals surface area (Å²) >= 11 is 0. The van der Waals surface area contributed by atoms with Crippen molar-refractivity contribution in [1.29, 1.82) is 0 Å². The van der Waals surface area contributed by atoms with Crippen LogP contribution in [-0.2, 0) is 0 Å². The van der Waals surface area contributed by atoms with Crippen molar-refractivity contribution in [2.45, 2.75) is 112 Å². The number of Topliss-reactive ketones (excluding diaryl/α,β-unsaturated/α-hetero) is 2. The highest BCUT2D eigenvalue weighted by atomic mass is 16.1. The molecule has 2 nitrogen and oxygen atoms in total. The van der Waals surface area contributed by atoms with Crippen molar-refractivity contribution < 1.29 is 9.59 Å². The number of ketones is 2. The molecule has 1 aliphatic rings. The topological polar surface area (TPSA) is 34.1 Å². The van der Waals surface area contributed by atoms with Gasteiger partial charge in [0, 0.05) is 23.0 Å². The number of benzene rings is 1. The molecule has 0 aliphatic heterocycles. The molecule has 0 radical (unpaired) electrons. The molecule has 2 heteroatoms. The van der Waals surface area contributed by atoms with E-state index in [0.29, 0.717) is 17.0 Å². The Labute approximate surface area is 204 Å². The van der Waals surface area contributed by atoms with Crippen LogP contribution in [0.2, 0.25) is 0 Å². The van der Waals surface area contributed by atoms with Gasteiger partial charge in [-0.15, -0.1) is 0 Å². The highest BCUT2D eigenvalue weighted by molar-refractivity contribution is 6.15. The standard InChI is InChI=1S/C31H50O2/c1-22(2)12-9-13-23(3)14-10-15-24(4)16-11-17-25(5)20-21-27-26(6)30(32)28-18-7-8-19-29(28)31(27)33/h7-8,18-19,22-27H,9-17,20-21H2,1-6H3. The summed E-state index contributed by atoms with van der Waals surface area (Å²) in [7, 11) is 0. The Morgan fingerprint density at radius 1 is 0.636 bits per heavy atom. The summed E-state index contributed by atoms with van der Waals surface area (Å²) in [6.07, 6.45) is 14.0. The summed E-state index contributed by atoms with van der Waals surface area (Å²) in [5, 5.41) is 0. The molecule has 1 aromatic rings. The van der Waals surface area contributed by atoms with Crippen LogP contribution >= 0.6 is 0 Å². The highest BCUT2D eigenvalue weighted by Crippen LogP contribution is 2.34. The van der Waals surface area contributed by atoms with Gasteiger partial charge in [-0.3, -0.25) is 9.59 Å².